The zero-order valence-electron chi connectivity index (χ0n) is 27.6. The van der Waals surface area contributed by atoms with Crippen LogP contribution in [0.25, 0.3) is 0 Å². The fourth-order valence-corrected chi connectivity index (χ4v) is 7.20. The highest BCUT2D eigenvalue weighted by molar-refractivity contribution is 7.59. The minimum absolute atomic E-state index is 0.202. The van der Waals surface area contributed by atoms with Crippen molar-refractivity contribution in [3.05, 3.63) is 58.1 Å². The highest BCUT2D eigenvalue weighted by atomic mass is 31.2. The quantitative estimate of drug-likeness (QED) is 0.136. The molecule has 43 heavy (non-hydrogen) atoms. The summed E-state index contributed by atoms with van der Waals surface area (Å²) in [6, 6.07) is 9.48. The van der Waals surface area contributed by atoms with Gasteiger partial charge in [0.15, 0.2) is 6.35 Å². The van der Waals surface area contributed by atoms with Gasteiger partial charge in [-0.15, -0.1) is 0 Å². The Morgan fingerprint density at radius 2 is 1.37 bits per heavy atom. The number of benzene rings is 2. The summed E-state index contributed by atoms with van der Waals surface area (Å²) in [7, 11) is -3.76. The summed E-state index contributed by atoms with van der Waals surface area (Å²) in [4.78, 5) is 25.6. The zero-order valence-corrected chi connectivity index (χ0v) is 28.4. The first kappa shape index (κ1) is 36.3. The normalized spacial score (nSPS) is 12.3. The van der Waals surface area contributed by atoms with Crippen LogP contribution < -0.4 is 14.9 Å². The minimum Gasteiger partial charge on any atom is -0.508 e. The molecule has 2 aromatic carbocycles. The van der Waals surface area contributed by atoms with E-state index in [9.17, 15) is 19.3 Å². The molecule has 0 atom stereocenters. The number of phenolic OH excluding ortho intramolecular Hbond substituents is 1. The molecule has 0 heterocycles. The topological polar surface area (TPSA) is 123 Å². The maximum Gasteiger partial charge on any atom is 0.326 e. The minimum atomic E-state index is -3.76. The van der Waals surface area contributed by atoms with Crippen LogP contribution in [0.5, 0.6) is 11.5 Å². The third-order valence-corrected chi connectivity index (χ3v) is 9.33. The van der Waals surface area contributed by atoms with E-state index in [4.69, 9.17) is 14.2 Å². The van der Waals surface area contributed by atoms with Gasteiger partial charge < -0.3 is 19.3 Å². The second kappa shape index (κ2) is 15.2. The number of nitrogens with one attached hydrogen (secondary N) is 2. The molecular formula is C33H51N2O7P. The summed E-state index contributed by atoms with van der Waals surface area (Å²) in [5, 5.41) is 16.1. The van der Waals surface area contributed by atoms with Gasteiger partial charge in [0.25, 0.3) is 0 Å². The van der Waals surface area contributed by atoms with Crippen LogP contribution in [0.15, 0.2) is 30.3 Å². The Morgan fingerprint density at radius 1 is 0.884 bits per heavy atom. The SMILES string of the molecule is CCCOC(=O)C(C)(C)NP(=O)(COc1cc(C)c(Cc2ccc(O)c(C(C)C)c2)c(C)c1)NC(C)(C)C(=O)OCCC. The lowest BCUT2D eigenvalue weighted by Crippen LogP contribution is -2.54. The summed E-state index contributed by atoms with van der Waals surface area (Å²) in [6.45, 7) is 18.7. The monoisotopic (exact) mass is 618 g/mol. The number of esters is 2. The number of carbonyl (C=O) groups is 2. The van der Waals surface area contributed by atoms with Crippen molar-refractivity contribution in [2.45, 2.75) is 105 Å². The molecule has 0 saturated heterocycles. The first-order valence-electron chi connectivity index (χ1n) is 15.0. The van der Waals surface area contributed by atoms with Gasteiger partial charge in [0.05, 0.1) is 13.2 Å². The lowest BCUT2D eigenvalue weighted by molar-refractivity contribution is -0.149. The fourth-order valence-electron chi connectivity index (χ4n) is 4.70. The van der Waals surface area contributed by atoms with Crippen LogP contribution in [-0.4, -0.2) is 47.7 Å². The van der Waals surface area contributed by atoms with Crippen molar-refractivity contribution in [1.82, 2.24) is 10.2 Å². The molecule has 0 radical (unpaired) electrons. The van der Waals surface area contributed by atoms with Gasteiger partial charge in [0.1, 0.15) is 22.6 Å². The standard InChI is InChI=1S/C33H51N2O7P/c1-11-15-40-30(37)32(7,8)34-43(39,35-33(9,10)31(38)41-16-12-2)21-42-26-17-23(5)28(24(6)18-26)20-25-13-14-29(36)27(19-25)22(3)4/h13-14,17-19,22,36H,11-12,15-16,20-21H2,1-10H3,(H2,34,35,39). The number of aromatic hydroxyl groups is 1. The third kappa shape index (κ3) is 10.4. The molecule has 2 aromatic rings. The lowest BCUT2D eigenvalue weighted by atomic mass is 9.93. The Morgan fingerprint density at radius 3 is 1.81 bits per heavy atom. The largest absolute Gasteiger partial charge is 0.508 e. The van der Waals surface area contributed by atoms with Crippen molar-refractivity contribution in [3.8, 4) is 11.5 Å². The van der Waals surface area contributed by atoms with Crippen LogP contribution >= 0.6 is 7.44 Å². The number of rotatable bonds is 16. The van der Waals surface area contributed by atoms with Crippen molar-refractivity contribution in [3.63, 3.8) is 0 Å². The number of ether oxygens (including phenoxy) is 3. The fraction of sp³-hybridized carbons (Fsp3) is 0.576. The van der Waals surface area contributed by atoms with Crippen LogP contribution in [0, 0.1) is 13.8 Å². The van der Waals surface area contributed by atoms with Gasteiger partial charge >= 0.3 is 11.9 Å². The zero-order chi connectivity index (χ0) is 32.6. The van der Waals surface area contributed by atoms with E-state index in [1.54, 1.807) is 33.8 Å². The van der Waals surface area contributed by atoms with Crippen molar-refractivity contribution in [2.75, 3.05) is 19.6 Å². The smallest absolute Gasteiger partial charge is 0.326 e. The van der Waals surface area contributed by atoms with Crippen molar-refractivity contribution < 1.29 is 33.5 Å². The number of hydrogen-bond acceptors (Lipinski definition) is 7. The molecule has 0 aliphatic carbocycles. The Balaban J connectivity index is 2.34. The first-order valence-corrected chi connectivity index (χ1v) is 16.9. The van der Waals surface area contributed by atoms with Gasteiger partial charge in [-0.25, -0.2) is 10.2 Å². The predicted molar refractivity (Wildman–Crippen MR) is 171 cm³/mol. The van der Waals surface area contributed by atoms with Gasteiger partial charge in [-0.1, -0.05) is 39.8 Å². The lowest BCUT2D eigenvalue weighted by Gasteiger charge is -2.35. The second-order valence-electron chi connectivity index (χ2n) is 12.5. The maximum atomic E-state index is 14.4. The molecule has 0 saturated carbocycles. The van der Waals surface area contributed by atoms with Crippen LogP contribution in [-0.2, 0) is 30.0 Å². The molecule has 2 rings (SSSR count). The molecule has 0 amide bonds. The molecule has 0 fully saturated rings. The van der Waals surface area contributed by atoms with E-state index in [0.717, 1.165) is 27.8 Å². The van der Waals surface area contributed by atoms with E-state index < -0.39 is 30.5 Å². The molecule has 0 aliphatic rings. The predicted octanol–water partition coefficient (Wildman–Crippen LogP) is 6.90. The highest BCUT2D eigenvalue weighted by Crippen LogP contribution is 2.42. The Kier molecular flexibility index (Phi) is 12.9. The summed E-state index contributed by atoms with van der Waals surface area (Å²) >= 11 is 0. The van der Waals surface area contributed by atoms with E-state index in [0.29, 0.717) is 30.8 Å². The van der Waals surface area contributed by atoms with Crippen molar-refractivity contribution in [2.24, 2.45) is 0 Å². The van der Waals surface area contributed by atoms with Crippen LogP contribution in [0.4, 0.5) is 0 Å². The summed E-state index contributed by atoms with van der Waals surface area (Å²) in [5.74, 6) is -0.116. The second-order valence-corrected chi connectivity index (χ2v) is 14.7. The molecule has 10 heteroatoms. The van der Waals surface area contributed by atoms with Gasteiger partial charge in [-0.3, -0.25) is 14.2 Å². The Hall–Kier alpha value is -2.87. The van der Waals surface area contributed by atoms with Gasteiger partial charge in [0.2, 0.25) is 7.44 Å². The molecule has 3 N–H and O–H groups in total. The molecule has 0 aliphatic heterocycles. The van der Waals surface area contributed by atoms with E-state index >= 15 is 0 Å². The average Bonchev–Trinajstić information content (AvgIpc) is 2.91. The molecule has 0 bridgehead atoms. The third-order valence-electron chi connectivity index (χ3n) is 6.99. The first-order chi connectivity index (χ1) is 19.9. The van der Waals surface area contributed by atoms with E-state index in [2.05, 4.69) is 10.2 Å². The number of hydrogen-bond donors (Lipinski definition) is 3. The molecular weight excluding hydrogens is 567 g/mol. The summed E-state index contributed by atoms with van der Waals surface area (Å²) < 4.78 is 31.1. The van der Waals surface area contributed by atoms with Gasteiger partial charge in [0, 0.05) is 0 Å². The molecule has 0 unspecified atom stereocenters. The van der Waals surface area contributed by atoms with E-state index in [1.165, 1.54) is 0 Å². The van der Waals surface area contributed by atoms with Crippen LogP contribution in [0.3, 0.4) is 0 Å². The van der Waals surface area contributed by atoms with Crippen molar-refractivity contribution in [1.29, 1.82) is 0 Å². The van der Waals surface area contributed by atoms with E-state index in [-0.39, 0.29) is 25.5 Å². The molecule has 0 aromatic heterocycles. The molecule has 240 valence electrons. The number of carbonyl (C=O) groups excluding carboxylic acids is 2. The van der Waals surface area contributed by atoms with Crippen LogP contribution in [0.2, 0.25) is 0 Å². The number of phenols is 1. The Labute approximate surface area is 257 Å². The number of aryl methyl sites for hydroxylation is 2. The average molecular weight is 619 g/mol. The molecule has 0 spiro atoms. The van der Waals surface area contributed by atoms with Crippen molar-refractivity contribution >= 4 is 19.4 Å². The van der Waals surface area contributed by atoms with Gasteiger partial charge in [-0.2, -0.15) is 0 Å². The van der Waals surface area contributed by atoms with Gasteiger partial charge in [-0.05, 0) is 113 Å². The Bertz CT molecular complexity index is 1260. The molecule has 9 nitrogen and oxygen atoms in total. The van der Waals surface area contributed by atoms with E-state index in [1.807, 2.05) is 65.8 Å². The van der Waals surface area contributed by atoms with Crippen LogP contribution in [0.1, 0.15) is 102 Å². The summed E-state index contributed by atoms with van der Waals surface area (Å²) in [6.07, 6.45) is 1.65. The highest BCUT2D eigenvalue weighted by Gasteiger charge is 2.43. The summed E-state index contributed by atoms with van der Waals surface area (Å²) in [5.41, 5.74) is 2.46. The maximum absolute atomic E-state index is 14.4.